The van der Waals surface area contributed by atoms with Gasteiger partial charge in [0, 0.05) is 35.2 Å². The van der Waals surface area contributed by atoms with Gasteiger partial charge in [0.25, 0.3) is 0 Å². The minimum Gasteiger partial charge on any atom is -0.494 e. The molecule has 1 aliphatic heterocycles. The molecular weight excluding hydrogens is 396 g/mol. The molecular formula is C20H21BrN2O3. The van der Waals surface area contributed by atoms with Crippen molar-refractivity contribution in [3.8, 4) is 5.75 Å². The van der Waals surface area contributed by atoms with E-state index in [1.807, 2.05) is 48.5 Å². The summed E-state index contributed by atoms with van der Waals surface area (Å²) in [5.74, 6) is 0.865. The second kappa shape index (κ2) is 8.85. The summed E-state index contributed by atoms with van der Waals surface area (Å²) in [6, 6.07) is 15.0. The highest BCUT2D eigenvalue weighted by molar-refractivity contribution is 9.10. The molecule has 2 aromatic rings. The van der Waals surface area contributed by atoms with Crippen molar-refractivity contribution >= 4 is 39.1 Å². The Kier molecular flexibility index (Phi) is 6.28. The Morgan fingerprint density at radius 1 is 1.19 bits per heavy atom. The SMILES string of the molecule is O=C(CCCOc1ccc(Br)cc1)Nc1cccc(N2CCCC2=O)c1. The zero-order valence-corrected chi connectivity index (χ0v) is 16.0. The van der Waals surface area contributed by atoms with E-state index in [2.05, 4.69) is 21.2 Å². The molecule has 1 aliphatic rings. The van der Waals surface area contributed by atoms with Crippen LogP contribution in [0.15, 0.2) is 53.0 Å². The highest BCUT2D eigenvalue weighted by Crippen LogP contribution is 2.24. The number of nitrogens with zero attached hydrogens (tertiary/aromatic N) is 1. The lowest BCUT2D eigenvalue weighted by Gasteiger charge is -2.16. The summed E-state index contributed by atoms with van der Waals surface area (Å²) < 4.78 is 6.62. The van der Waals surface area contributed by atoms with Gasteiger partial charge in [-0.3, -0.25) is 9.59 Å². The lowest BCUT2D eigenvalue weighted by Crippen LogP contribution is -2.23. The summed E-state index contributed by atoms with van der Waals surface area (Å²) in [5.41, 5.74) is 1.55. The first-order chi connectivity index (χ1) is 12.6. The van der Waals surface area contributed by atoms with Gasteiger partial charge in [-0.1, -0.05) is 22.0 Å². The number of anilines is 2. The number of rotatable bonds is 7. The number of hydrogen-bond donors (Lipinski definition) is 1. The molecule has 136 valence electrons. The number of hydrogen-bond acceptors (Lipinski definition) is 3. The van der Waals surface area contributed by atoms with E-state index in [1.165, 1.54) is 0 Å². The van der Waals surface area contributed by atoms with Crippen LogP contribution in [0.25, 0.3) is 0 Å². The Labute approximate surface area is 161 Å². The van der Waals surface area contributed by atoms with Crippen LogP contribution in [0.2, 0.25) is 0 Å². The molecule has 1 heterocycles. The number of halogens is 1. The second-order valence-electron chi connectivity index (χ2n) is 6.15. The Morgan fingerprint density at radius 2 is 2.00 bits per heavy atom. The van der Waals surface area contributed by atoms with Crippen LogP contribution in [-0.2, 0) is 9.59 Å². The molecule has 1 N–H and O–H groups in total. The Bertz CT molecular complexity index is 777. The molecule has 0 unspecified atom stereocenters. The van der Waals surface area contributed by atoms with Gasteiger partial charge in [-0.2, -0.15) is 0 Å². The van der Waals surface area contributed by atoms with E-state index in [0.29, 0.717) is 31.6 Å². The van der Waals surface area contributed by atoms with Gasteiger partial charge in [-0.15, -0.1) is 0 Å². The molecule has 6 heteroatoms. The van der Waals surface area contributed by atoms with Crippen LogP contribution >= 0.6 is 15.9 Å². The van der Waals surface area contributed by atoms with Crippen LogP contribution in [0.3, 0.4) is 0 Å². The molecule has 0 aliphatic carbocycles. The van der Waals surface area contributed by atoms with Crippen molar-refractivity contribution in [1.29, 1.82) is 0 Å². The maximum Gasteiger partial charge on any atom is 0.227 e. The predicted octanol–water partition coefficient (Wildman–Crippen LogP) is 4.37. The number of benzene rings is 2. The van der Waals surface area contributed by atoms with E-state index in [0.717, 1.165) is 28.9 Å². The number of ether oxygens (including phenoxy) is 1. The molecule has 26 heavy (non-hydrogen) atoms. The molecule has 1 saturated heterocycles. The maximum atomic E-state index is 12.1. The van der Waals surface area contributed by atoms with E-state index < -0.39 is 0 Å². The smallest absolute Gasteiger partial charge is 0.227 e. The molecule has 5 nitrogen and oxygen atoms in total. The van der Waals surface area contributed by atoms with Gasteiger partial charge in [0.2, 0.25) is 11.8 Å². The fourth-order valence-electron chi connectivity index (χ4n) is 2.85. The van der Waals surface area contributed by atoms with Gasteiger partial charge >= 0.3 is 0 Å². The molecule has 0 saturated carbocycles. The first-order valence-corrected chi connectivity index (χ1v) is 9.50. The summed E-state index contributed by atoms with van der Waals surface area (Å²) in [5, 5.41) is 2.89. The van der Waals surface area contributed by atoms with Gasteiger partial charge in [0.1, 0.15) is 5.75 Å². The topological polar surface area (TPSA) is 58.6 Å². The zero-order chi connectivity index (χ0) is 18.4. The Balaban J connectivity index is 1.44. The normalized spacial score (nSPS) is 13.7. The van der Waals surface area contributed by atoms with Crippen molar-refractivity contribution in [3.05, 3.63) is 53.0 Å². The number of nitrogens with one attached hydrogen (secondary N) is 1. The van der Waals surface area contributed by atoms with Crippen molar-refractivity contribution in [2.24, 2.45) is 0 Å². The molecule has 0 aromatic heterocycles. The van der Waals surface area contributed by atoms with Gasteiger partial charge < -0.3 is 15.0 Å². The van der Waals surface area contributed by atoms with E-state index >= 15 is 0 Å². The fourth-order valence-corrected chi connectivity index (χ4v) is 3.11. The van der Waals surface area contributed by atoms with E-state index in [-0.39, 0.29) is 11.8 Å². The highest BCUT2D eigenvalue weighted by Gasteiger charge is 2.21. The predicted molar refractivity (Wildman–Crippen MR) is 106 cm³/mol. The van der Waals surface area contributed by atoms with Gasteiger partial charge in [0.15, 0.2) is 0 Å². The molecule has 0 spiro atoms. The van der Waals surface area contributed by atoms with Crippen LogP contribution in [0.4, 0.5) is 11.4 Å². The standard InChI is InChI=1S/C20H21BrN2O3/c21-15-8-10-18(11-9-15)26-13-3-6-19(24)22-16-4-1-5-17(14-16)23-12-2-7-20(23)25/h1,4-5,8-11,14H,2-3,6-7,12-13H2,(H,22,24). The third-order valence-electron chi connectivity index (χ3n) is 4.15. The van der Waals surface area contributed by atoms with Crippen molar-refractivity contribution < 1.29 is 14.3 Å². The third-order valence-corrected chi connectivity index (χ3v) is 4.67. The van der Waals surface area contributed by atoms with Crippen LogP contribution < -0.4 is 15.0 Å². The lowest BCUT2D eigenvalue weighted by molar-refractivity contribution is -0.117. The zero-order valence-electron chi connectivity index (χ0n) is 14.4. The van der Waals surface area contributed by atoms with E-state index in [9.17, 15) is 9.59 Å². The average Bonchev–Trinajstić information content (AvgIpc) is 3.06. The molecule has 2 aromatic carbocycles. The van der Waals surface area contributed by atoms with Crippen molar-refractivity contribution in [3.63, 3.8) is 0 Å². The largest absolute Gasteiger partial charge is 0.494 e. The lowest BCUT2D eigenvalue weighted by atomic mass is 10.2. The molecule has 3 rings (SSSR count). The van der Waals surface area contributed by atoms with Crippen molar-refractivity contribution in [1.82, 2.24) is 0 Å². The molecule has 2 amide bonds. The van der Waals surface area contributed by atoms with Crippen LogP contribution in [0, 0.1) is 0 Å². The van der Waals surface area contributed by atoms with Crippen LogP contribution in [0.5, 0.6) is 5.75 Å². The molecule has 0 bridgehead atoms. The quantitative estimate of drug-likeness (QED) is 0.681. The number of carbonyl (C=O) groups is 2. The first kappa shape index (κ1) is 18.5. The van der Waals surface area contributed by atoms with Crippen molar-refractivity contribution in [2.45, 2.75) is 25.7 Å². The maximum absolute atomic E-state index is 12.1. The van der Waals surface area contributed by atoms with E-state index in [4.69, 9.17) is 4.74 Å². The summed E-state index contributed by atoms with van der Waals surface area (Å²) >= 11 is 3.38. The Hall–Kier alpha value is -2.34. The molecule has 0 atom stereocenters. The second-order valence-corrected chi connectivity index (χ2v) is 7.07. The molecule has 0 radical (unpaired) electrons. The van der Waals surface area contributed by atoms with Crippen LogP contribution in [-0.4, -0.2) is 25.0 Å². The van der Waals surface area contributed by atoms with E-state index in [1.54, 1.807) is 4.90 Å². The molecule has 1 fully saturated rings. The minimum absolute atomic E-state index is 0.0608. The van der Waals surface area contributed by atoms with Gasteiger partial charge in [-0.25, -0.2) is 0 Å². The van der Waals surface area contributed by atoms with Gasteiger partial charge in [-0.05, 0) is 55.3 Å². The first-order valence-electron chi connectivity index (χ1n) is 8.70. The summed E-state index contributed by atoms with van der Waals surface area (Å²) in [7, 11) is 0. The average molecular weight is 417 g/mol. The fraction of sp³-hybridized carbons (Fsp3) is 0.300. The third kappa shape index (κ3) is 5.08. The summed E-state index contributed by atoms with van der Waals surface area (Å²) in [6.07, 6.45) is 2.48. The Morgan fingerprint density at radius 3 is 2.73 bits per heavy atom. The van der Waals surface area contributed by atoms with Crippen molar-refractivity contribution in [2.75, 3.05) is 23.4 Å². The summed E-state index contributed by atoms with van der Waals surface area (Å²) in [6.45, 7) is 1.22. The minimum atomic E-state index is -0.0608. The summed E-state index contributed by atoms with van der Waals surface area (Å²) in [4.78, 5) is 25.7. The number of carbonyl (C=O) groups excluding carboxylic acids is 2. The highest BCUT2D eigenvalue weighted by atomic mass is 79.9. The monoisotopic (exact) mass is 416 g/mol. The number of amides is 2. The van der Waals surface area contributed by atoms with Crippen LogP contribution in [0.1, 0.15) is 25.7 Å². The van der Waals surface area contributed by atoms with Gasteiger partial charge in [0.05, 0.1) is 6.61 Å².